The number of carbonyl (C=O) groups is 1. The van der Waals surface area contributed by atoms with E-state index in [0.717, 1.165) is 12.1 Å². The van der Waals surface area contributed by atoms with Gasteiger partial charge in [0.25, 0.3) is 0 Å². The van der Waals surface area contributed by atoms with E-state index in [1.807, 2.05) is 4.72 Å². The first-order valence-corrected chi connectivity index (χ1v) is 7.33. The van der Waals surface area contributed by atoms with Gasteiger partial charge >= 0.3 is 12.1 Å². The molecular formula is C11H13F3N2O4S. The van der Waals surface area contributed by atoms with Crippen LogP contribution in [0.15, 0.2) is 18.2 Å². The third-order valence-corrected chi connectivity index (χ3v) is 3.41. The van der Waals surface area contributed by atoms with Gasteiger partial charge in [0.15, 0.2) is 5.75 Å². The number of nitrogen functional groups attached to an aromatic ring is 1. The Morgan fingerprint density at radius 3 is 2.52 bits per heavy atom. The van der Waals surface area contributed by atoms with E-state index in [4.69, 9.17) is 5.73 Å². The van der Waals surface area contributed by atoms with E-state index < -0.39 is 39.2 Å². The van der Waals surface area contributed by atoms with Gasteiger partial charge in [-0.15, -0.1) is 0 Å². The van der Waals surface area contributed by atoms with Gasteiger partial charge in [0.1, 0.15) is 0 Å². The zero-order valence-electron chi connectivity index (χ0n) is 10.9. The Bertz CT molecular complexity index is 629. The maximum atomic E-state index is 12.6. The molecular weight excluding hydrogens is 313 g/mol. The number of ether oxygens (including phenoxy) is 1. The molecule has 0 amide bonds. The van der Waals surface area contributed by atoms with Crippen LogP contribution in [0.5, 0.6) is 0 Å². The Morgan fingerprint density at radius 2 is 2.00 bits per heavy atom. The predicted molar refractivity (Wildman–Crippen MR) is 69.9 cm³/mol. The van der Waals surface area contributed by atoms with Gasteiger partial charge in [-0.25, -0.2) is 8.42 Å². The van der Waals surface area contributed by atoms with Crippen LogP contribution in [0.4, 0.5) is 24.5 Å². The number of hydrogen-bond acceptors (Lipinski definition) is 5. The summed E-state index contributed by atoms with van der Waals surface area (Å²) in [4.78, 5) is 11.1. The highest BCUT2D eigenvalue weighted by Gasteiger charge is 2.33. The van der Waals surface area contributed by atoms with Crippen LogP contribution in [-0.4, -0.2) is 26.7 Å². The molecule has 0 aromatic heterocycles. The van der Waals surface area contributed by atoms with Crippen LogP contribution >= 0.6 is 0 Å². The van der Waals surface area contributed by atoms with Gasteiger partial charge in [-0.2, -0.15) is 13.2 Å². The Labute approximate surface area is 119 Å². The summed E-state index contributed by atoms with van der Waals surface area (Å²) in [5.41, 5.74) is 3.14. The van der Waals surface area contributed by atoms with Crippen molar-refractivity contribution in [3.8, 4) is 0 Å². The van der Waals surface area contributed by atoms with Crippen molar-refractivity contribution in [1.29, 1.82) is 0 Å². The van der Waals surface area contributed by atoms with Crippen molar-refractivity contribution in [2.24, 2.45) is 0 Å². The van der Waals surface area contributed by atoms with Crippen molar-refractivity contribution in [2.75, 3.05) is 22.8 Å². The number of sulfonamides is 1. The number of carbonyl (C=O) groups excluding carboxylic acids is 1. The lowest BCUT2D eigenvalue weighted by Gasteiger charge is -2.13. The lowest BCUT2D eigenvalue weighted by Crippen LogP contribution is -2.24. The van der Waals surface area contributed by atoms with E-state index in [1.54, 1.807) is 0 Å². The molecule has 3 N–H and O–H groups in total. The summed E-state index contributed by atoms with van der Waals surface area (Å²) in [7, 11) is -4.16. The molecule has 0 unspecified atom stereocenters. The molecule has 0 spiro atoms. The number of anilines is 2. The average Bonchev–Trinajstić information content (AvgIpc) is 2.29. The first-order chi connectivity index (χ1) is 9.55. The molecule has 1 aromatic rings. The molecule has 1 rings (SSSR count). The number of rotatable bonds is 5. The monoisotopic (exact) mass is 326 g/mol. The third kappa shape index (κ3) is 5.14. The molecule has 21 heavy (non-hydrogen) atoms. The highest BCUT2D eigenvalue weighted by Crippen LogP contribution is 2.35. The smallest absolute Gasteiger partial charge is 0.418 e. The first kappa shape index (κ1) is 17.1. The minimum Gasteiger partial charge on any atom is -0.465 e. The zero-order valence-corrected chi connectivity index (χ0v) is 11.7. The number of alkyl halides is 3. The fourth-order valence-electron chi connectivity index (χ4n) is 1.44. The molecule has 6 nitrogen and oxygen atoms in total. The number of halogens is 3. The summed E-state index contributed by atoms with van der Waals surface area (Å²) >= 11 is 0. The van der Waals surface area contributed by atoms with Crippen LogP contribution in [0, 0.1) is 0 Å². The van der Waals surface area contributed by atoms with Gasteiger partial charge in [-0.05, 0) is 25.1 Å². The van der Waals surface area contributed by atoms with E-state index >= 15 is 0 Å². The second-order valence-electron chi connectivity index (χ2n) is 3.97. The molecule has 0 saturated carbocycles. The Balaban J connectivity index is 2.96. The molecule has 118 valence electrons. The fourth-order valence-corrected chi connectivity index (χ4v) is 2.39. The summed E-state index contributed by atoms with van der Waals surface area (Å²) in [6, 6.07) is 2.54. The van der Waals surface area contributed by atoms with Gasteiger partial charge in [0.2, 0.25) is 10.0 Å². The van der Waals surface area contributed by atoms with E-state index in [-0.39, 0.29) is 12.3 Å². The van der Waals surface area contributed by atoms with E-state index in [0.29, 0.717) is 6.07 Å². The van der Waals surface area contributed by atoms with Gasteiger partial charge in [-0.3, -0.25) is 9.52 Å². The van der Waals surface area contributed by atoms with E-state index in [9.17, 15) is 26.4 Å². The highest BCUT2D eigenvalue weighted by atomic mass is 32.2. The third-order valence-electron chi connectivity index (χ3n) is 2.25. The van der Waals surface area contributed by atoms with Gasteiger partial charge in [-0.1, -0.05) is 0 Å². The summed E-state index contributed by atoms with van der Waals surface area (Å²) < 4.78 is 67.5. The number of nitrogens with two attached hydrogens (primary N) is 1. The van der Waals surface area contributed by atoms with Crippen LogP contribution in [0.1, 0.15) is 12.5 Å². The second-order valence-corrected chi connectivity index (χ2v) is 5.69. The summed E-state index contributed by atoms with van der Waals surface area (Å²) in [5, 5.41) is 0. The number of hydrogen-bond donors (Lipinski definition) is 2. The lowest BCUT2D eigenvalue weighted by atomic mass is 10.1. The van der Waals surface area contributed by atoms with Crippen molar-refractivity contribution >= 4 is 27.4 Å². The molecule has 0 heterocycles. The molecule has 0 bridgehead atoms. The van der Waals surface area contributed by atoms with Crippen LogP contribution in [0.2, 0.25) is 0 Å². The van der Waals surface area contributed by atoms with Gasteiger partial charge in [0.05, 0.1) is 12.2 Å². The SMILES string of the molecule is CCOC(=O)CS(=O)(=O)Nc1ccc(N)c(C(F)(F)F)c1. The van der Waals surface area contributed by atoms with Crippen molar-refractivity contribution in [3.63, 3.8) is 0 Å². The largest absolute Gasteiger partial charge is 0.465 e. The van der Waals surface area contributed by atoms with Crippen molar-refractivity contribution in [2.45, 2.75) is 13.1 Å². The van der Waals surface area contributed by atoms with Gasteiger partial charge in [0, 0.05) is 11.4 Å². The van der Waals surface area contributed by atoms with Crippen molar-refractivity contribution in [1.82, 2.24) is 0 Å². The topological polar surface area (TPSA) is 98.5 Å². The molecule has 1 aromatic carbocycles. The van der Waals surface area contributed by atoms with E-state index in [1.165, 1.54) is 6.92 Å². The normalized spacial score (nSPS) is 12.0. The maximum absolute atomic E-state index is 12.6. The molecule has 0 aliphatic rings. The lowest BCUT2D eigenvalue weighted by molar-refractivity contribution is -0.140. The second kappa shape index (κ2) is 6.20. The maximum Gasteiger partial charge on any atom is 0.418 e. The number of nitrogens with one attached hydrogen (secondary N) is 1. The minimum absolute atomic E-state index is 0.00551. The standard InChI is InChI=1S/C11H13F3N2O4S/c1-2-20-10(17)6-21(18,19)16-7-3-4-9(15)8(5-7)11(12,13)14/h3-5,16H,2,6,15H2,1H3. The van der Waals surface area contributed by atoms with Crippen molar-refractivity contribution in [3.05, 3.63) is 23.8 Å². The molecule has 0 aliphatic heterocycles. The molecule has 0 radical (unpaired) electrons. The molecule has 10 heteroatoms. The average molecular weight is 326 g/mol. The first-order valence-electron chi connectivity index (χ1n) is 5.68. The van der Waals surface area contributed by atoms with Crippen LogP contribution in [-0.2, 0) is 25.7 Å². The van der Waals surface area contributed by atoms with Gasteiger partial charge < -0.3 is 10.5 Å². The quantitative estimate of drug-likeness (QED) is 0.632. The predicted octanol–water partition coefficient (Wildman–Crippen LogP) is 1.59. The summed E-state index contributed by atoms with van der Waals surface area (Å²) in [5.74, 6) is -2.00. The van der Waals surface area contributed by atoms with Crippen molar-refractivity contribution < 1.29 is 31.1 Å². The van der Waals surface area contributed by atoms with Crippen LogP contribution in [0.3, 0.4) is 0 Å². The van der Waals surface area contributed by atoms with Crippen LogP contribution in [0.25, 0.3) is 0 Å². The molecule has 0 atom stereocenters. The highest BCUT2D eigenvalue weighted by molar-refractivity contribution is 7.93. The number of benzene rings is 1. The summed E-state index contributed by atoms with van der Waals surface area (Å²) in [6.45, 7) is 1.49. The molecule has 0 aliphatic carbocycles. The minimum atomic E-state index is -4.72. The summed E-state index contributed by atoms with van der Waals surface area (Å²) in [6.07, 6.45) is -4.72. The Morgan fingerprint density at radius 1 is 1.38 bits per heavy atom. The molecule has 0 saturated heterocycles. The zero-order chi connectivity index (χ0) is 16.3. The fraction of sp³-hybridized carbons (Fsp3) is 0.364. The van der Waals surface area contributed by atoms with E-state index in [2.05, 4.69) is 4.74 Å². The Kier molecular flexibility index (Phi) is 5.05. The Hall–Kier alpha value is -1.97. The molecule has 0 fully saturated rings. The van der Waals surface area contributed by atoms with Crippen LogP contribution < -0.4 is 10.5 Å². The number of esters is 1.